The third-order valence-electron chi connectivity index (χ3n) is 1.90. The molecule has 0 aromatic rings. The summed E-state index contributed by atoms with van der Waals surface area (Å²) < 4.78 is 0. The highest BCUT2D eigenvalue weighted by Crippen LogP contribution is 2.14. The molecule has 1 atom stereocenters. The molecule has 1 heterocycles. The number of aliphatic carboxylic acids is 1. The van der Waals surface area contributed by atoms with Crippen LogP contribution in [0.1, 0.15) is 6.42 Å². The van der Waals surface area contributed by atoms with Crippen LogP contribution in [0, 0.1) is 0 Å². The molecule has 1 unspecified atom stereocenters. The molecule has 0 bridgehead atoms. The van der Waals surface area contributed by atoms with Crippen molar-refractivity contribution < 1.29 is 19.9 Å². The SMILES string of the molecule is O=C(O)CC(NO)C(=O)N1CCSC1. The maximum Gasteiger partial charge on any atom is 0.305 e. The van der Waals surface area contributed by atoms with Crippen LogP contribution in [0.2, 0.25) is 0 Å². The summed E-state index contributed by atoms with van der Waals surface area (Å²) in [5.41, 5.74) is 1.73. The first-order chi connectivity index (χ1) is 6.65. The van der Waals surface area contributed by atoms with Crippen molar-refractivity contribution in [3.8, 4) is 0 Å². The Morgan fingerprint density at radius 1 is 1.57 bits per heavy atom. The van der Waals surface area contributed by atoms with Crippen LogP contribution in [0.4, 0.5) is 0 Å². The van der Waals surface area contributed by atoms with Crippen LogP contribution in [0.3, 0.4) is 0 Å². The highest BCUT2D eigenvalue weighted by atomic mass is 32.2. The van der Waals surface area contributed by atoms with Gasteiger partial charge in [-0.1, -0.05) is 0 Å². The summed E-state index contributed by atoms with van der Waals surface area (Å²) in [7, 11) is 0. The summed E-state index contributed by atoms with van der Waals surface area (Å²) >= 11 is 1.61. The number of nitrogens with one attached hydrogen (secondary N) is 1. The molecule has 0 radical (unpaired) electrons. The standard InChI is InChI=1S/C7H12N2O4S/c10-6(11)3-5(8-13)7(12)9-1-2-14-4-9/h5,8,13H,1-4H2,(H,10,11). The predicted molar refractivity (Wildman–Crippen MR) is 50.0 cm³/mol. The van der Waals surface area contributed by atoms with Gasteiger partial charge in [0.15, 0.2) is 0 Å². The van der Waals surface area contributed by atoms with E-state index >= 15 is 0 Å². The molecule has 6 nitrogen and oxygen atoms in total. The van der Waals surface area contributed by atoms with E-state index < -0.39 is 18.4 Å². The van der Waals surface area contributed by atoms with Crippen molar-refractivity contribution in [2.75, 3.05) is 18.2 Å². The van der Waals surface area contributed by atoms with E-state index in [0.717, 1.165) is 5.75 Å². The van der Waals surface area contributed by atoms with Crippen LogP contribution >= 0.6 is 11.8 Å². The fraction of sp³-hybridized carbons (Fsp3) is 0.714. The van der Waals surface area contributed by atoms with Crippen molar-refractivity contribution >= 4 is 23.6 Å². The molecular formula is C7H12N2O4S. The fourth-order valence-corrected chi connectivity index (χ4v) is 2.13. The molecular weight excluding hydrogens is 208 g/mol. The van der Waals surface area contributed by atoms with Gasteiger partial charge in [-0.25, -0.2) is 0 Å². The second-order valence-electron chi connectivity index (χ2n) is 2.92. The number of thioether (sulfide) groups is 1. The fourth-order valence-electron chi connectivity index (χ4n) is 1.17. The zero-order valence-corrected chi connectivity index (χ0v) is 8.29. The van der Waals surface area contributed by atoms with Crippen LogP contribution in [0.25, 0.3) is 0 Å². The third-order valence-corrected chi connectivity index (χ3v) is 2.86. The number of carboxylic acids is 1. The van der Waals surface area contributed by atoms with Gasteiger partial charge in [-0.2, -0.15) is 5.48 Å². The van der Waals surface area contributed by atoms with Gasteiger partial charge in [0, 0.05) is 12.3 Å². The van der Waals surface area contributed by atoms with Crippen molar-refractivity contribution in [2.45, 2.75) is 12.5 Å². The number of hydroxylamine groups is 1. The molecule has 7 heteroatoms. The Hall–Kier alpha value is -0.790. The number of hydrogen-bond acceptors (Lipinski definition) is 5. The summed E-state index contributed by atoms with van der Waals surface area (Å²) in [4.78, 5) is 23.4. The first-order valence-corrected chi connectivity index (χ1v) is 5.28. The Morgan fingerprint density at radius 2 is 2.29 bits per heavy atom. The van der Waals surface area contributed by atoms with Crippen molar-refractivity contribution in [3.05, 3.63) is 0 Å². The monoisotopic (exact) mass is 220 g/mol. The van der Waals surface area contributed by atoms with Gasteiger partial charge in [0.2, 0.25) is 5.91 Å². The summed E-state index contributed by atoms with van der Waals surface area (Å²) in [5.74, 6) is -0.0511. The lowest BCUT2D eigenvalue weighted by molar-refractivity contribution is -0.144. The van der Waals surface area contributed by atoms with Crippen LogP contribution in [-0.2, 0) is 9.59 Å². The first-order valence-electron chi connectivity index (χ1n) is 4.13. The molecule has 1 aliphatic rings. The number of nitrogens with zero attached hydrogens (tertiary/aromatic N) is 1. The summed E-state index contributed by atoms with van der Waals surface area (Å²) in [6.45, 7) is 0.612. The number of carbonyl (C=O) groups is 2. The molecule has 0 aliphatic carbocycles. The smallest absolute Gasteiger partial charge is 0.305 e. The normalized spacial score (nSPS) is 18.2. The molecule has 0 aromatic heterocycles. The van der Waals surface area contributed by atoms with E-state index in [-0.39, 0.29) is 5.91 Å². The number of amides is 1. The van der Waals surface area contributed by atoms with Crippen molar-refractivity contribution in [2.24, 2.45) is 0 Å². The molecule has 1 fully saturated rings. The first kappa shape index (κ1) is 11.3. The van der Waals surface area contributed by atoms with Gasteiger partial charge in [0.05, 0.1) is 12.3 Å². The van der Waals surface area contributed by atoms with Gasteiger partial charge in [-0.3, -0.25) is 9.59 Å². The third kappa shape index (κ3) is 2.86. The summed E-state index contributed by atoms with van der Waals surface area (Å²) in [6.07, 6.45) is -0.406. The van der Waals surface area contributed by atoms with E-state index in [1.54, 1.807) is 17.2 Å². The number of hydrogen-bond donors (Lipinski definition) is 3. The molecule has 1 rings (SSSR count). The van der Waals surface area contributed by atoms with E-state index in [1.807, 2.05) is 0 Å². The number of carbonyl (C=O) groups excluding carboxylic acids is 1. The quantitative estimate of drug-likeness (QED) is 0.545. The van der Waals surface area contributed by atoms with Crippen LogP contribution in [0.15, 0.2) is 0 Å². The van der Waals surface area contributed by atoms with Crippen molar-refractivity contribution in [1.29, 1.82) is 0 Å². The van der Waals surface area contributed by atoms with Crippen LogP contribution < -0.4 is 5.48 Å². The largest absolute Gasteiger partial charge is 0.481 e. The molecule has 3 N–H and O–H groups in total. The minimum Gasteiger partial charge on any atom is -0.481 e. The Kier molecular flexibility index (Phi) is 4.18. The highest BCUT2D eigenvalue weighted by Gasteiger charge is 2.27. The van der Waals surface area contributed by atoms with Gasteiger partial charge in [0.1, 0.15) is 6.04 Å². The van der Waals surface area contributed by atoms with E-state index in [9.17, 15) is 9.59 Å². The Labute approximate surface area is 85.2 Å². The van der Waals surface area contributed by atoms with E-state index in [1.165, 1.54) is 4.90 Å². The van der Waals surface area contributed by atoms with Crippen LogP contribution in [0.5, 0.6) is 0 Å². The van der Waals surface area contributed by atoms with E-state index in [0.29, 0.717) is 12.4 Å². The maximum atomic E-state index is 11.5. The Morgan fingerprint density at radius 3 is 2.71 bits per heavy atom. The Bertz CT molecular complexity index is 230. The topological polar surface area (TPSA) is 89.9 Å². The number of carboxylic acid groups (broad SMARTS) is 1. The predicted octanol–water partition coefficient (Wildman–Crippen LogP) is -0.659. The molecule has 0 saturated carbocycles. The molecule has 80 valence electrons. The lowest BCUT2D eigenvalue weighted by Crippen LogP contribution is -2.45. The van der Waals surface area contributed by atoms with Crippen molar-refractivity contribution in [1.82, 2.24) is 10.4 Å². The zero-order chi connectivity index (χ0) is 10.6. The second-order valence-corrected chi connectivity index (χ2v) is 3.99. The molecule has 0 aromatic carbocycles. The molecule has 1 aliphatic heterocycles. The van der Waals surface area contributed by atoms with Gasteiger partial charge in [0.25, 0.3) is 0 Å². The molecule has 1 amide bonds. The highest BCUT2D eigenvalue weighted by molar-refractivity contribution is 7.99. The second kappa shape index (κ2) is 5.18. The molecule has 14 heavy (non-hydrogen) atoms. The van der Waals surface area contributed by atoms with E-state index in [2.05, 4.69) is 0 Å². The number of rotatable bonds is 4. The van der Waals surface area contributed by atoms with Crippen LogP contribution in [-0.4, -0.2) is 51.3 Å². The minimum atomic E-state index is -1.11. The molecule has 1 saturated heterocycles. The molecule has 0 spiro atoms. The summed E-state index contributed by atoms with van der Waals surface area (Å²) in [6, 6.07) is -1.04. The minimum absolute atomic E-state index is 0.361. The Balaban J connectivity index is 2.50. The lowest BCUT2D eigenvalue weighted by atomic mass is 10.2. The average molecular weight is 220 g/mol. The summed E-state index contributed by atoms with van der Waals surface area (Å²) in [5, 5.41) is 17.1. The van der Waals surface area contributed by atoms with E-state index in [4.69, 9.17) is 10.3 Å². The van der Waals surface area contributed by atoms with Crippen molar-refractivity contribution in [3.63, 3.8) is 0 Å². The average Bonchev–Trinajstić information content (AvgIpc) is 2.65. The van der Waals surface area contributed by atoms with Gasteiger partial charge < -0.3 is 15.2 Å². The lowest BCUT2D eigenvalue weighted by Gasteiger charge is -2.19. The maximum absolute atomic E-state index is 11.5. The zero-order valence-electron chi connectivity index (χ0n) is 7.47. The van der Waals surface area contributed by atoms with Gasteiger partial charge in [-0.05, 0) is 0 Å². The van der Waals surface area contributed by atoms with Gasteiger partial charge in [-0.15, -0.1) is 11.8 Å². The van der Waals surface area contributed by atoms with Gasteiger partial charge >= 0.3 is 5.97 Å².